The largest absolute Gasteiger partial charge is 0.376 e. The second-order valence-electron chi connectivity index (χ2n) is 7.81. The Kier molecular flexibility index (Phi) is 6.11. The highest BCUT2D eigenvalue weighted by Crippen LogP contribution is 2.34. The molecule has 0 saturated heterocycles. The summed E-state index contributed by atoms with van der Waals surface area (Å²) in [6, 6.07) is 6.80. The topological polar surface area (TPSA) is 95.6 Å². The fraction of sp³-hybridized carbons (Fsp3) is 0.364. The minimum absolute atomic E-state index is 0.0549. The lowest BCUT2D eigenvalue weighted by Crippen LogP contribution is -2.44. The molecule has 1 aliphatic heterocycles. The normalized spacial score (nSPS) is 18.3. The highest BCUT2D eigenvalue weighted by atomic mass is 35.5. The number of carbonyl (C=O) groups excluding carboxylic acids is 4. The van der Waals surface area contributed by atoms with Gasteiger partial charge in [0.15, 0.2) is 5.78 Å². The van der Waals surface area contributed by atoms with Crippen LogP contribution in [0.2, 0.25) is 5.02 Å². The van der Waals surface area contributed by atoms with Gasteiger partial charge < -0.3 is 15.5 Å². The second kappa shape index (κ2) is 8.80. The van der Waals surface area contributed by atoms with Crippen LogP contribution in [-0.4, -0.2) is 40.9 Å². The average molecular weight is 460 g/mol. The van der Waals surface area contributed by atoms with Gasteiger partial charge in [-0.1, -0.05) is 17.7 Å². The van der Waals surface area contributed by atoms with Crippen LogP contribution in [0.5, 0.6) is 0 Å². The van der Waals surface area contributed by atoms with Gasteiger partial charge in [0.2, 0.25) is 5.91 Å². The van der Waals surface area contributed by atoms with Gasteiger partial charge in [0.25, 0.3) is 5.91 Å². The zero-order valence-electron chi connectivity index (χ0n) is 17.0. The summed E-state index contributed by atoms with van der Waals surface area (Å²) >= 11 is 7.55. The highest BCUT2D eigenvalue weighted by Gasteiger charge is 2.39. The number of anilines is 1. The number of benzene rings is 1. The van der Waals surface area contributed by atoms with Crippen LogP contribution in [0.15, 0.2) is 24.3 Å². The van der Waals surface area contributed by atoms with Crippen LogP contribution >= 0.6 is 22.9 Å². The Hall–Kier alpha value is -2.71. The molecule has 1 aromatic carbocycles. The molecule has 2 heterocycles. The number of thiophene rings is 1. The Labute approximate surface area is 188 Å². The summed E-state index contributed by atoms with van der Waals surface area (Å²) in [6.45, 7) is 2.74. The van der Waals surface area contributed by atoms with Crippen molar-refractivity contribution in [3.05, 3.63) is 50.2 Å². The van der Waals surface area contributed by atoms with E-state index in [4.69, 9.17) is 11.6 Å². The molecule has 4 rings (SSSR count). The van der Waals surface area contributed by atoms with Crippen molar-refractivity contribution < 1.29 is 19.2 Å². The minimum Gasteiger partial charge on any atom is -0.376 e. The van der Waals surface area contributed by atoms with Gasteiger partial charge in [-0.3, -0.25) is 19.2 Å². The number of hydrogen-bond donors (Lipinski definition) is 2. The number of nitrogens with zero attached hydrogens (tertiary/aromatic N) is 1. The molecule has 2 aliphatic rings. The quantitative estimate of drug-likeness (QED) is 0.647. The summed E-state index contributed by atoms with van der Waals surface area (Å²) < 4.78 is 0. The van der Waals surface area contributed by atoms with E-state index in [2.05, 4.69) is 10.6 Å². The van der Waals surface area contributed by atoms with E-state index in [0.29, 0.717) is 36.5 Å². The van der Waals surface area contributed by atoms with E-state index < -0.39 is 6.04 Å². The first kappa shape index (κ1) is 21.5. The predicted octanol–water partition coefficient (Wildman–Crippen LogP) is 3.08. The summed E-state index contributed by atoms with van der Waals surface area (Å²) in [7, 11) is 0. The molecule has 1 saturated carbocycles. The van der Waals surface area contributed by atoms with Crippen molar-refractivity contribution in [2.75, 3.05) is 11.9 Å². The highest BCUT2D eigenvalue weighted by molar-refractivity contribution is 7.12. The van der Waals surface area contributed by atoms with E-state index in [1.54, 1.807) is 17.0 Å². The molecule has 0 radical (unpaired) electrons. The number of aryl methyl sites for hydroxylation is 1. The van der Waals surface area contributed by atoms with Crippen molar-refractivity contribution in [3.8, 4) is 0 Å². The van der Waals surface area contributed by atoms with Gasteiger partial charge in [0, 0.05) is 26.9 Å². The van der Waals surface area contributed by atoms with Crippen LogP contribution in [-0.2, 0) is 27.5 Å². The Morgan fingerprint density at radius 2 is 2.06 bits per heavy atom. The van der Waals surface area contributed by atoms with Crippen LogP contribution in [0, 0.1) is 6.92 Å². The lowest BCUT2D eigenvalue weighted by molar-refractivity contribution is -0.133. The van der Waals surface area contributed by atoms with E-state index in [1.807, 2.05) is 19.1 Å². The van der Waals surface area contributed by atoms with Crippen molar-refractivity contribution >= 4 is 52.0 Å². The fourth-order valence-electron chi connectivity index (χ4n) is 3.82. The SMILES string of the molecule is Cc1ccc(NCC(=O)NCc2cc3c(s2)CN(C2CCC(=O)CC2=O)C3=O)cc1Cl. The minimum atomic E-state index is -0.505. The maximum atomic E-state index is 12.8. The van der Waals surface area contributed by atoms with Gasteiger partial charge in [-0.15, -0.1) is 11.3 Å². The van der Waals surface area contributed by atoms with Gasteiger partial charge >= 0.3 is 0 Å². The van der Waals surface area contributed by atoms with E-state index in [0.717, 1.165) is 21.0 Å². The van der Waals surface area contributed by atoms with Crippen molar-refractivity contribution in [1.29, 1.82) is 0 Å². The van der Waals surface area contributed by atoms with Crippen molar-refractivity contribution in [2.24, 2.45) is 0 Å². The zero-order valence-corrected chi connectivity index (χ0v) is 18.6. The van der Waals surface area contributed by atoms with E-state index in [-0.39, 0.29) is 36.3 Å². The summed E-state index contributed by atoms with van der Waals surface area (Å²) in [5, 5.41) is 6.52. The zero-order chi connectivity index (χ0) is 22.1. The van der Waals surface area contributed by atoms with E-state index >= 15 is 0 Å². The molecule has 0 spiro atoms. The summed E-state index contributed by atoms with van der Waals surface area (Å²) in [5.41, 5.74) is 2.33. The number of fused-ring (bicyclic) bond motifs is 1. The molecule has 1 unspecified atom stereocenters. The van der Waals surface area contributed by atoms with Crippen LogP contribution < -0.4 is 10.6 Å². The standard InChI is InChI=1S/C22H22ClN3O4S/c1-12-2-3-13(6-17(12)23)24-10-21(29)25-9-15-8-16-20(31-15)11-26(22(16)30)18-5-4-14(27)7-19(18)28/h2-3,6,8,18,24H,4-5,7,9-11H2,1H3,(H,25,29). The molecule has 1 aliphatic carbocycles. The van der Waals surface area contributed by atoms with Gasteiger partial charge in [-0.25, -0.2) is 0 Å². The summed E-state index contributed by atoms with van der Waals surface area (Å²) in [6.07, 6.45) is 0.663. The number of carbonyl (C=O) groups is 4. The molecule has 162 valence electrons. The fourth-order valence-corrected chi connectivity index (χ4v) is 5.10. The van der Waals surface area contributed by atoms with Crippen molar-refractivity contribution in [1.82, 2.24) is 10.2 Å². The number of hydrogen-bond acceptors (Lipinski definition) is 6. The van der Waals surface area contributed by atoms with Crippen molar-refractivity contribution in [2.45, 2.75) is 45.3 Å². The maximum Gasteiger partial charge on any atom is 0.256 e. The van der Waals surface area contributed by atoms with E-state index in [1.165, 1.54) is 11.3 Å². The molecule has 1 atom stereocenters. The first-order chi connectivity index (χ1) is 14.8. The van der Waals surface area contributed by atoms with Gasteiger partial charge in [0.1, 0.15) is 5.78 Å². The monoisotopic (exact) mass is 459 g/mol. The molecule has 9 heteroatoms. The molecule has 1 aromatic heterocycles. The molecule has 2 amide bonds. The van der Waals surface area contributed by atoms with Gasteiger partial charge in [-0.05, 0) is 37.1 Å². The average Bonchev–Trinajstić information content (AvgIpc) is 3.26. The molecule has 7 nitrogen and oxygen atoms in total. The summed E-state index contributed by atoms with van der Waals surface area (Å²) in [4.78, 5) is 51.9. The molecule has 31 heavy (non-hydrogen) atoms. The van der Waals surface area contributed by atoms with Crippen LogP contribution in [0.4, 0.5) is 5.69 Å². The van der Waals surface area contributed by atoms with E-state index in [9.17, 15) is 19.2 Å². The van der Waals surface area contributed by atoms with Gasteiger partial charge in [0.05, 0.1) is 37.7 Å². The number of nitrogens with one attached hydrogen (secondary N) is 2. The van der Waals surface area contributed by atoms with Crippen molar-refractivity contribution in [3.63, 3.8) is 0 Å². The number of rotatable bonds is 6. The third-order valence-corrected chi connectivity index (χ3v) is 7.09. The third kappa shape index (κ3) is 4.65. The molecule has 2 aromatic rings. The first-order valence-corrected chi connectivity index (χ1v) is 11.2. The number of Topliss-reactive ketones (excluding diaryl/α,β-unsaturated/α-hetero) is 2. The molecular formula is C22H22ClN3O4S. The molecular weight excluding hydrogens is 438 g/mol. The molecule has 2 N–H and O–H groups in total. The summed E-state index contributed by atoms with van der Waals surface area (Å²) in [5.74, 6) is -0.569. The lowest BCUT2D eigenvalue weighted by atomic mass is 9.92. The van der Waals surface area contributed by atoms with Crippen LogP contribution in [0.1, 0.15) is 44.9 Å². The lowest BCUT2D eigenvalue weighted by Gasteiger charge is -2.29. The third-order valence-electron chi connectivity index (χ3n) is 5.57. The Bertz CT molecular complexity index is 1080. The molecule has 1 fully saturated rings. The Balaban J connectivity index is 1.29. The Morgan fingerprint density at radius 3 is 2.77 bits per heavy atom. The number of ketones is 2. The van der Waals surface area contributed by atoms with Gasteiger partial charge in [-0.2, -0.15) is 0 Å². The van der Waals surface area contributed by atoms with Crippen LogP contribution in [0.3, 0.4) is 0 Å². The smallest absolute Gasteiger partial charge is 0.256 e. The number of amides is 2. The van der Waals surface area contributed by atoms with Crippen LogP contribution in [0.25, 0.3) is 0 Å². The maximum absolute atomic E-state index is 12.8. The predicted molar refractivity (Wildman–Crippen MR) is 118 cm³/mol. The molecule has 0 bridgehead atoms. The number of halogens is 1. The second-order valence-corrected chi connectivity index (χ2v) is 9.44. The Morgan fingerprint density at radius 1 is 1.26 bits per heavy atom. The first-order valence-electron chi connectivity index (χ1n) is 10.1.